The molecule has 88 valence electrons. The SMILES string of the molecule is C=C(CC)CC(O)Cc1ccc(Cl)c(Cl)c1. The van der Waals surface area contributed by atoms with Crippen LogP contribution in [0.3, 0.4) is 0 Å². The zero-order valence-electron chi connectivity index (χ0n) is 9.34. The molecular weight excluding hydrogens is 243 g/mol. The summed E-state index contributed by atoms with van der Waals surface area (Å²) in [5.41, 5.74) is 2.05. The zero-order valence-corrected chi connectivity index (χ0v) is 10.9. The average Bonchev–Trinajstić information content (AvgIpc) is 2.23. The van der Waals surface area contributed by atoms with Crippen molar-refractivity contribution in [1.29, 1.82) is 0 Å². The van der Waals surface area contributed by atoms with Gasteiger partial charge >= 0.3 is 0 Å². The summed E-state index contributed by atoms with van der Waals surface area (Å²) in [6, 6.07) is 5.43. The second kappa shape index (κ2) is 6.29. The van der Waals surface area contributed by atoms with Crippen molar-refractivity contribution in [2.45, 2.75) is 32.3 Å². The lowest BCUT2D eigenvalue weighted by Gasteiger charge is -2.12. The highest BCUT2D eigenvalue weighted by Gasteiger charge is 2.08. The summed E-state index contributed by atoms with van der Waals surface area (Å²) in [5.74, 6) is 0. The fraction of sp³-hybridized carbons (Fsp3) is 0.385. The number of halogens is 2. The molecule has 16 heavy (non-hydrogen) atoms. The van der Waals surface area contributed by atoms with E-state index in [0.717, 1.165) is 17.6 Å². The van der Waals surface area contributed by atoms with E-state index in [1.54, 1.807) is 12.1 Å². The van der Waals surface area contributed by atoms with Crippen molar-refractivity contribution in [1.82, 2.24) is 0 Å². The Morgan fingerprint density at radius 1 is 1.38 bits per heavy atom. The van der Waals surface area contributed by atoms with Crippen LogP contribution in [0.15, 0.2) is 30.4 Å². The molecule has 0 fully saturated rings. The molecule has 1 unspecified atom stereocenters. The van der Waals surface area contributed by atoms with E-state index in [0.29, 0.717) is 22.9 Å². The largest absolute Gasteiger partial charge is 0.392 e. The van der Waals surface area contributed by atoms with Crippen molar-refractivity contribution >= 4 is 23.2 Å². The Hall–Kier alpha value is -0.500. The minimum atomic E-state index is -0.398. The van der Waals surface area contributed by atoms with Crippen molar-refractivity contribution in [2.75, 3.05) is 0 Å². The lowest BCUT2D eigenvalue weighted by atomic mass is 10.0. The number of rotatable bonds is 5. The Labute approximate surface area is 107 Å². The van der Waals surface area contributed by atoms with Crippen LogP contribution in [0, 0.1) is 0 Å². The first-order valence-corrected chi connectivity index (χ1v) is 6.07. The van der Waals surface area contributed by atoms with Crippen LogP contribution in [0.5, 0.6) is 0 Å². The highest BCUT2D eigenvalue weighted by Crippen LogP contribution is 2.23. The van der Waals surface area contributed by atoms with Crippen molar-refractivity contribution in [3.63, 3.8) is 0 Å². The zero-order chi connectivity index (χ0) is 12.1. The van der Waals surface area contributed by atoms with Gasteiger partial charge in [-0.1, -0.05) is 48.3 Å². The molecule has 0 amide bonds. The molecule has 0 saturated carbocycles. The lowest BCUT2D eigenvalue weighted by Crippen LogP contribution is -2.11. The molecule has 0 aliphatic carbocycles. The van der Waals surface area contributed by atoms with Gasteiger partial charge in [-0.2, -0.15) is 0 Å². The van der Waals surface area contributed by atoms with E-state index < -0.39 is 6.10 Å². The summed E-state index contributed by atoms with van der Waals surface area (Å²) in [4.78, 5) is 0. The molecule has 0 heterocycles. The van der Waals surface area contributed by atoms with Gasteiger partial charge in [0.1, 0.15) is 0 Å². The van der Waals surface area contributed by atoms with Crippen LogP contribution < -0.4 is 0 Å². The highest BCUT2D eigenvalue weighted by atomic mass is 35.5. The Bertz CT molecular complexity index is 374. The summed E-state index contributed by atoms with van der Waals surface area (Å²) in [7, 11) is 0. The van der Waals surface area contributed by atoms with Gasteiger partial charge in [-0.3, -0.25) is 0 Å². The maximum Gasteiger partial charge on any atom is 0.0617 e. The predicted molar refractivity (Wildman–Crippen MR) is 70.2 cm³/mol. The molecule has 0 bridgehead atoms. The fourth-order valence-electron chi connectivity index (χ4n) is 1.49. The molecule has 0 spiro atoms. The second-order valence-electron chi connectivity index (χ2n) is 3.91. The van der Waals surface area contributed by atoms with Gasteiger partial charge in [-0.25, -0.2) is 0 Å². The maximum absolute atomic E-state index is 9.83. The van der Waals surface area contributed by atoms with Crippen molar-refractivity contribution in [2.24, 2.45) is 0 Å². The lowest BCUT2D eigenvalue weighted by molar-refractivity contribution is 0.174. The smallest absolute Gasteiger partial charge is 0.0617 e. The Morgan fingerprint density at radius 2 is 2.06 bits per heavy atom. The highest BCUT2D eigenvalue weighted by molar-refractivity contribution is 6.42. The third-order valence-electron chi connectivity index (χ3n) is 2.48. The Balaban J connectivity index is 2.59. The van der Waals surface area contributed by atoms with Gasteiger partial charge in [0.05, 0.1) is 16.1 Å². The molecule has 1 atom stereocenters. The first-order valence-electron chi connectivity index (χ1n) is 5.31. The van der Waals surface area contributed by atoms with Crippen LogP contribution in [0.25, 0.3) is 0 Å². The normalized spacial score (nSPS) is 12.5. The van der Waals surface area contributed by atoms with E-state index in [4.69, 9.17) is 23.2 Å². The fourth-order valence-corrected chi connectivity index (χ4v) is 1.81. The molecule has 0 aliphatic heterocycles. The standard InChI is InChI=1S/C13H16Cl2O/c1-3-9(2)6-11(16)7-10-4-5-12(14)13(15)8-10/h4-5,8,11,16H,2-3,6-7H2,1H3. The molecule has 0 saturated heterocycles. The van der Waals surface area contributed by atoms with Crippen LogP contribution in [-0.4, -0.2) is 11.2 Å². The van der Waals surface area contributed by atoms with E-state index >= 15 is 0 Å². The summed E-state index contributed by atoms with van der Waals surface area (Å²) < 4.78 is 0. The number of aliphatic hydroxyl groups excluding tert-OH is 1. The van der Waals surface area contributed by atoms with Crippen molar-refractivity contribution < 1.29 is 5.11 Å². The molecule has 1 aromatic carbocycles. The first-order chi connectivity index (χ1) is 7.52. The molecule has 3 heteroatoms. The number of hydrogen-bond donors (Lipinski definition) is 1. The van der Waals surface area contributed by atoms with Crippen LogP contribution in [0.4, 0.5) is 0 Å². The number of aliphatic hydroxyl groups is 1. The monoisotopic (exact) mass is 258 g/mol. The minimum absolute atomic E-state index is 0.398. The minimum Gasteiger partial charge on any atom is -0.392 e. The Kier molecular flexibility index (Phi) is 5.33. The molecular formula is C13H16Cl2O. The van der Waals surface area contributed by atoms with Crippen molar-refractivity contribution in [3.8, 4) is 0 Å². The number of hydrogen-bond acceptors (Lipinski definition) is 1. The molecule has 0 radical (unpaired) electrons. The summed E-state index contributed by atoms with van der Waals surface area (Å²) in [6.07, 6.45) is 1.72. The van der Waals surface area contributed by atoms with Gasteiger partial charge in [0, 0.05) is 0 Å². The maximum atomic E-state index is 9.83. The molecule has 0 aromatic heterocycles. The summed E-state index contributed by atoms with van der Waals surface area (Å²) >= 11 is 11.7. The van der Waals surface area contributed by atoms with E-state index in [2.05, 4.69) is 6.58 Å². The quantitative estimate of drug-likeness (QED) is 0.783. The topological polar surface area (TPSA) is 20.2 Å². The van der Waals surface area contributed by atoms with Gasteiger partial charge in [-0.15, -0.1) is 0 Å². The van der Waals surface area contributed by atoms with Gasteiger partial charge < -0.3 is 5.11 Å². The third-order valence-corrected chi connectivity index (χ3v) is 3.22. The first kappa shape index (κ1) is 13.6. The molecule has 1 aromatic rings. The molecule has 1 nitrogen and oxygen atoms in total. The molecule has 1 rings (SSSR count). The molecule has 1 N–H and O–H groups in total. The van der Waals surface area contributed by atoms with E-state index in [9.17, 15) is 5.11 Å². The van der Waals surface area contributed by atoms with Crippen LogP contribution in [-0.2, 0) is 6.42 Å². The van der Waals surface area contributed by atoms with Crippen LogP contribution in [0.2, 0.25) is 10.0 Å². The van der Waals surface area contributed by atoms with E-state index in [1.165, 1.54) is 0 Å². The second-order valence-corrected chi connectivity index (χ2v) is 4.73. The summed E-state index contributed by atoms with van der Waals surface area (Å²) in [5, 5.41) is 10.9. The van der Waals surface area contributed by atoms with Gasteiger partial charge in [0.15, 0.2) is 0 Å². The van der Waals surface area contributed by atoms with Gasteiger partial charge in [0.25, 0.3) is 0 Å². The van der Waals surface area contributed by atoms with Gasteiger partial charge in [0.2, 0.25) is 0 Å². The molecule has 0 aliphatic rings. The van der Waals surface area contributed by atoms with Gasteiger partial charge in [-0.05, 0) is 37.0 Å². The third kappa shape index (κ3) is 4.17. The number of benzene rings is 1. The average molecular weight is 259 g/mol. The van der Waals surface area contributed by atoms with Crippen LogP contribution in [0.1, 0.15) is 25.3 Å². The predicted octanol–water partition coefficient (Wildman–Crippen LogP) is 4.25. The van der Waals surface area contributed by atoms with Crippen LogP contribution >= 0.6 is 23.2 Å². The van der Waals surface area contributed by atoms with E-state index in [1.807, 2.05) is 13.0 Å². The Morgan fingerprint density at radius 3 is 2.62 bits per heavy atom. The van der Waals surface area contributed by atoms with Crippen molar-refractivity contribution in [3.05, 3.63) is 46.0 Å². The summed E-state index contributed by atoms with van der Waals surface area (Å²) in [6.45, 7) is 5.92. The van der Waals surface area contributed by atoms with E-state index in [-0.39, 0.29) is 0 Å².